The van der Waals surface area contributed by atoms with Gasteiger partial charge in [0.25, 0.3) is 0 Å². The molecule has 9 rings (SSSR count). The van der Waals surface area contributed by atoms with Crippen LogP contribution in [0.25, 0.3) is 0 Å². The van der Waals surface area contributed by atoms with Gasteiger partial charge in [0, 0.05) is 42.3 Å². The van der Waals surface area contributed by atoms with Gasteiger partial charge < -0.3 is 28.9 Å². The molecule has 6 nitrogen and oxygen atoms in total. The molecule has 3 heterocycles. The van der Waals surface area contributed by atoms with Crippen LogP contribution in [0.3, 0.4) is 0 Å². The summed E-state index contributed by atoms with van der Waals surface area (Å²) < 4.78 is 19.5. The van der Waals surface area contributed by atoms with Crippen LogP contribution >= 0.6 is 23.2 Å². The molecule has 0 N–H and O–H groups in total. The average Bonchev–Trinajstić information content (AvgIpc) is 3.63. The third-order valence-electron chi connectivity index (χ3n) is 14.6. The molecule has 3 atom stereocenters. The molecule has 0 radical (unpaired) electrons. The Balaban J connectivity index is 0.000000155. The lowest BCUT2D eigenvalue weighted by Gasteiger charge is -2.32. The molecular formula is C62H77Cl2N3O3. The smallest absolute Gasteiger partial charge is 0.115 e. The Morgan fingerprint density at radius 3 is 1.36 bits per heavy atom. The van der Waals surface area contributed by atoms with Gasteiger partial charge in [-0.1, -0.05) is 182 Å². The molecule has 1 unspecified atom stereocenters. The van der Waals surface area contributed by atoms with Crippen LogP contribution in [0.15, 0.2) is 170 Å². The summed E-state index contributed by atoms with van der Waals surface area (Å²) in [5, 5.41) is 1.51. The first kappa shape index (κ1) is 53.5. The van der Waals surface area contributed by atoms with Crippen LogP contribution in [0.1, 0.15) is 111 Å². The first-order chi connectivity index (χ1) is 34.1. The maximum Gasteiger partial charge on any atom is 0.115 e. The molecule has 6 aromatic rings. The van der Waals surface area contributed by atoms with E-state index in [2.05, 4.69) is 176 Å². The van der Waals surface area contributed by atoms with Crippen molar-refractivity contribution in [2.45, 2.75) is 101 Å². The molecule has 3 aliphatic heterocycles. The van der Waals surface area contributed by atoms with E-state index in [9.17, 15) is 0 Å². The van der Waals surface area contributed by atoms with Crippen molar-refractivity contribution in [1.29, 1.82) is 0 Å². The second-order valence-corrected chi connectivity index (χ2v) is 20.5. The molecule has 0 aliphatic carbocycles. The lowest BCUT2D eigenvalue weighted by Crippen LogP contribution is -2.35. The first-order valence-electron chi connectivity index (χ1n) is 25.9. The minimum atomic E-state index is -0.461. The maximum absolute atomic E-state index is 6.50. The summed E-state index contributed by atoms with van der Waals surface area (Å²) in [7, 11) is 4.40. The van der Waals surface area contributed by atoms with Gasteiger partial charge >= 0.3 is 0 Å². The number of ether oxygens (including phenoxy) is 3. The number of rotatable bonds is 16. The number of nitrogens with zero attached hydrogens (tertiary/aromatic N) is 3. The predicted octanol–water partition coefficient (Wildman–Crippen LogP) is 14.5. The van der Waals surface area contributed by atoms with Gasteiger partial charge in [-0.15, -0.1) is 0 Å². The maximum atomic E-state index is 6.50. The van der Waals surface area contributed by atoms with Crippen molar-refractivity contribution in [3.8, 4) is 0 Å². The summed E-state index contributed by atoms with van der Waals surface area (Å²) in [6.45, 7) is 12.7. The molecule has 0 spiro atoms. The molecular weight excluding hydrogens is 906 g/mol. The topological polar surface area (TPSA) is 37.4 Å². The Kier molecular flexibility index (Phi) is 21.0. The standard InChI is InChI=1S/C22H28ClNO.C21H26ClNO.C19H23NO/c1-22(19-9-5-4-6-10-19,20-11-13-21(23)14-12-20)25-18-17-24-15-7-2-3-8-16-24;1-21(17-7-4-3-5-8-17,18-10-12-19(22)13-11-18)24-16-14-20-9-6-15-23(20)2;1-20-14-12-18(13-15-20)21-19(16-8-4-2-5-9-16)17-10-6-3-7-11-17/h4-6,9-14H,2-3,7-8,15-18H2,1H3;3-5,7-8,10-13,20H,6,9,14-16H2,1-2H3;2-11,18-19H,12-15H2,1H3/t;20-,21-;/m.1./s1. The lowest BCUT2D eigenvalue weighted by molar-refractivity contribution is -0.0234. The van der Waals surface area contributed by atoms with Crippen LogP contribution in [-0.4, -0.2) is 93.4 Å². The third-order valence-corrected chi connectivity index (χ3v) is 15.2. The fourth-order valence-corrected chi connectivity index (χ4v) is 10.4. The lowest BCUT2D eigenvalue weighted by atomic mass is 9.88. The molecule has 3 fully saturated rings. The van der Waals surface area contributed by atoms with Crippen molar-refractivity contribution in [2.24, 2.45) is 0 Å². The number of hydrogen-bond donors (Lipinski definition) is 0. The van der Waals surface area contributed by atoms with Crippen molar-refractivity contribution in [3.05, 3.63) is 213 Å². The van der Waals surface area contributed by atoms with E-state index in [1.54, 1.807) is 0 Å². The Morgan fingerprint density at radius 2 is 0.914 bits per heavy atom. The molecule has 0 saturated carbocycles. The molecule has 6 aromatic carbocycles. The second kappa shape index (κ2) is 27.5. The Labute approximate surface area is 430 Å². The van der Waals surface area contributed by atoms with Gasteiger partial charge in [-0.2, -0.15) is 0 Å². The molecule has 0 bridgehead atoms. The molecule has 3 aliphatic rings. The highest BCUT2D eigenvalue weighted by molar-refractivity contribution is 6.30. The van der Waals surface area contributed by atoms with Gasteiger partial charge in [0.1, 0.15) is 17.3 Å². The first-order valence-corrected chi connectivity index (χ1v) is 26.6. The van der Waals surface area contributed by atoms with Crippen molar-refractivity contribution in [3.63, 3.8) is 0 Å². The number of hydrogen-bond acceptors (Lipinski definition) is 6. The van der Waals surface area contributed by atoms with E-state index >= 15 is 0 Å². The van der Waals surface area contributed by atoms with E-state index in [4.69, 9.17) is 37.4 Å². The molecule has 70 heavy (non-hydrogen) atoms. The van der Waals surface area contributed by atoms with E-state index in [-0.39, 0.29) is 6.10 Å². The van der Waals surface area contributed by atoms with E-state index in [0.29, 0.717) is 12.1 Å². The number of likely N-dealkylation sites (tertiary alicyclic amines) is 3. The fourth-order valence-electron chi connectivity index (χ4n) is 10.1. The van der Waals surface area contributed by atoms with Gasteiger partial charge in [0.15, 0.2) is 0 Å². The zero-order chi connectivity index (χ0) is 49.0. The number of benzene rings is 6. The predicted molar refractivity (Wildman–Crippen MR) is 292 cm³/mol. The highest BCUT2D eigenvalue weighted by Gasteiger charge is 2.32. The Bertz CT molecular complexity index is 2300. The Morgan fingerprint density at radius 1 is 0.486 bits per heavy atom. The summed E-state index contributed by atoms with van der Waals surface area (Å²) in [6, 6.07) is 58.7. The van der Waals surface area contributed by atoms with Crippen LogP contribution in [-0.2, 0) is 25.4 Å². The molecule has 3 saturated heterocycles. The van der Waals surface area contributed by atoms with Crippen molar-refractivity contribution in [2.75, 3.05) is 66.6 Å². The van der Waals surface area contributed by atoms with E-state index in [1.165, 1.54) is 80.4 Å². The normalized spacial score (nSPS) is 18.9. The SMILES string of the molecule is CC(OCCN1CCCCCC1)(c1ccccc1)c1ccc(Cl)cc1.CN1CCC(OC(c2ccccc2)c2ccccc2)CC1.CN1CCC[C@@H]1CCO[C@](C)(c1ccccc1)c1ccc(Cl)cc1. The second-order valence-electron chi connectivity index (χ2n) is 19.7. The van der Waals surface area contributed by atoms with Crippen LogP contribution in [0.5, 0.6) is 0 Å². The molecule has 0 aromatic heterocycles. The molecule has 8 heteroatoms. The monoisotopic (exact) mass is 982 g/mol. The zero-order valence-electron chi connectivity index (χ0n) is 42.2. The van der Waals surface area contributed by atoms with Crippen LogP contribution in [0.2, 0.25) is 10.0 Å². The molecule has 0 amide bonds. The van der Waals surface area contributed by atoms with Crippen molar-refractivity contribution >= 4 is 23.2 Å². The highest BCUT2D eigenvalue weighted by atomic mass is 35.5. The minimum Gasteiger partial charge on any atom is -0.366 e. The van der Waals surface area contributed by atoms with E-state index in [1.807, 2.05) is 36.4 Å². The summed E-state index contributed by atoms with van der Waals surface area (Å²) in [4.78, 5) is 7.37. The summed E-state index contributed by atoms with van der Waals surface area (Å²) >= 11 is 12.1. The Hall–Kier alpha value is -4.34. The fraction of sp³-hybridized carbons (Fsp3) is 0.419. The quantitative estimate of drug-likeness (QED) is 0.0962. The van der Waals surface area contributed by atoms with E-state index < -0.39 is 11.2 Å². The minimum absolute atomic E-state index is 0.0424. The van der Waals surface area contributed by atoms with Gasteiger partial charge in [0.2, 0.25) is 0 Å². The van der Waals surface area contributed by atoms with Gasteiger partial charge in [0.05, 0.1) is 12.7 Å². The highest BCUT2D eigenvalue weighted by Crippen LogP contribution is 2.36. The van der Waals surface area contributed by atoms with Gasteiger partial charge in [-0.3, -0.25) is 0 Å². The summed E-state index contributed by atoms with van der Waals surface area (Å²) in [5.41, 5.74) is 6.18. The van der Waals surface area contributed by atoms with Crippen LogP contribution in [0, 0.1) is 0 Å². The van der Waals surface area contributed by atoms with Gasteiger partial charge in [-0.05, 0) is 150 Å². The van der Waals surface area contributed by atoms with Crippen molar-refractivity contribution in [1.82, 2.24) is 14.7 Å². The molecule has 372 valence electrons. The third kappa shape index (κ3) is 15.6. The van der Waals surface area contributed by atoms with E-state index in [0.717, 1.165) is 73.3 Å². The number of halogens is 2. The number of piperidine rings is 1. The van der Waals surface area contributed by atoms with Crippen LogP contribution < -0.4 is 0 Å². The largest absolute Gasteiger partial charge is 0.366 e. The van der Waals surface area contributed by atoms with Gasteiger partial charge in [-0.25, -0.2) is 0 Å². The summed E-state index contributed by atoms with van der Waals surface area (Å²) in [5.74, 6) is 0. The summed E-state index contributed by atoms with van der Waals surface area (Å²) in [6.07, 6.45) is 11.6. The zero-order valence-corrected chi connectivity index (χ0v) is 43.8. The van der Waals surface area contributed by atoms with Crippen LogP contribution in [0.4, 0.5) is 0 Å². The van der Waals surface area contributed by atoms with Crippen molar-refractivity contribution < 1.29 is 14.2 Å². The average molecular weight is 983 g/mol.